The van der Waals surface area contributed by atoms with Gasteiger partial charge in [0.05, 0.1) is 6.61 Å². The molecule has 0 aliphatic rings. The topological polar surface area (TPSA) is 52.6 Å². The largest absolute Gasteiger partial charge is 0.463 e. The molecular formula is C13H18O4. The number of esters is 1. The summed E-state index contributed by atoms with van der Waals surface area (Å²) in [7, 11) is 1.56. The van der Waals surface area contributed by atoms with E-state index in [1.54, 1.807) is 14.0 Å². The van der Waals surface area contributed by atoms with Crippen LogP contribution >= 0.6 is 0 Å². The number of rotatable bonds is 4. The zero-order valence-corrected chi connectivity index (χ0v) is 10.4. The minimum absolute atomic E-state index is 0.121. The predicted octanol–water partition coefficient (Wildman–Crippen LogP) is 2.09. The predicted molar refractivity (Wildman–Crippen MR) is 65.0 cm³/mol. The van der Waals surface area contributed by atoms with E-state index in [1.165, 1.54) is 6.92 Å². The molecule has 1 aromatic rings. The molecule has 0 aromatic heterocycles. The molecule has 0 amide bonds. The Morgan fingerprint density at radius 1 is 1.06 bits per heavy atom. The van der Waals surface area contributed by atoms with E-state index in [2.05, 4.69) is 9.47 Å². The SMILES string of the molecule is CC(=O)c1ccccc1.COCCOC(C)=O. The molecule has 0 atom stereocenters. The van der Waals surface area contributed by atoms with Crippen molar-refractivity contribution in [3.8, 4) is 0 Å². The second-order valence-electron chi connectivity index (χ2n) is 3.26. The van der Waals surface area contributed by atoms with Crippen LogP contribution in [0.4, 0.5) is 0 Å². The third kappa shape index (κ3) is 9.26. The summed E-state index contributed by atoms with van der Waals surface area (Å²) in [6, 6.07) is 9.23. The van der Waals surface area contributed by atoms with Crippen molar-refractivity contribution in [2.75, 3.05) is 20.3 Å². The third-order valence-corrected chi connectivity index (χ3v) is 1.77. The summed E-state index contributed by atoms with van der Waals surface area (Å²) in [4.78, 5) is 20.7. The van der Waals surface area contributed by atoms with Crippen molar-refractivity contribution in [1.29, 1.82) is 0 Å². The average Bonchev–Trinajstić information content (AvgIpc) is 2.31. The molecule has 0 aliphatic heterocycles. The Labute approximate surface area is 102 Å². The van der Waals surface area contributed by atoms with Gasteiger partial charge in [-0.2, -0.15) is 0 Å². The molecule has 0 radical (unpaired) electrons. The quantitative estimate of drug-likeness (QED) is 0.458. The van der Waals surface area contributed by atoms with Crippen LogP contribution < -0.4 is 0 Å². The Kier molecular flexibility index (Phi) is 8.60. The first kappa shape index (κ1) is 15.3. The summed E-state index contributed by atoms with van der Waals surface area (Å²) in [5.41, 5.74) is 0.775. The normalized spacial score (nSPS) is 8.88. The van der Waals surface area contributed by atoms with Gasteiger partial charge in [0.25, 0.3) is 0 Å². The number of methoxy groups -OCH3 is 1. The fraction of sp³-hybridized carbons (Fsp3) is 0.385. The Balaban J connectivity index is 0.000000304. The Morgan fingerprint density at radius 2 is 1.65 bits per heavy atom. The van der Waals surface area contributed by atoms with Crippen molar-refractivity contribution >= 4 is 11.8 Å². The van der Waals surface area contributed by atoms with E-state index in [1.807, 2.05) is 30.3 Å². The van der Waals surface area contributed by atoms with Gasteiger partial charge in [-0.05, 0) is 6.92 Å². The molecule has 0 spiro atoms. The molecule has 0 N–H and O–H groups in total. The number of hydrogen-bond acceptors (Lipinski definition) is 4. The molecule has 94 valence electrons. The molecule has 0 fully saturated rings. The number of ketones is 1. The molecule has 0 unspecified atom stereocenters. The van der Waals surface area contributed by atoms with E-state index < -0.39 is 0 Å². The van der Waals surface area contributed by atoms with Gasteiger partial charge in [0.1, 0.15) is 6.61 Å². The van der Waals surface area contributed by atoms with Crippen LogP contribution in [0.25, 0.3) is 0 Å². The van der Waals surface area contributed by atoms with Crippen molar-refractivity contribution in [3.05, 3.63) is 35.9 Å². The van der Waals surface area contributed by atoms with Crippen LogP contribution in [-0.2, 0) is 14.3 Å². The second-order valence-corrected chi connectivity index (χ2v) is 3.26. The smallest absolute Gasteiger partial charge is 0.302 e. The molecular weight excluding hydrogens is 220 g/mol. The minimum atomic E-state index is -0.262. The van der Waals surface area contributed by atoms with E-state index in [4.69, 9.17) is 0 Å². The third-order valence-electron chi connectivity index (χ3n) is 1.77. The maximum Gasteiger partial charge on any atom is 0.302 e. The maximum atomic E-state index is 10.6. The minimum Gasteiger partial charge on any atom is -0.463 e. The highest BCUT2D eigenvalue weighted by Crippen LogP contribution is 1.97. The number of Topliss-reactive ketones (excluding diaryl/α,β-unsaturated/α-hetero) is 1. The standard InChI is InChI=1S/C8H8O.C5H10O3/c1-7(9)8-5-3-2-4-6-8;1-5(6)8-4-3-7-2/h2-6H,1H3;3-4H2,1-2H3. The maximum absolute atomic E-state index is 10.6. The first-order chi connectivity index (χ1) is 8.07. The molecule has 0 heterocycles. The summed E-state index contributed by atoms with van der Waals surface area (Å²) in [5, 5.41) is 0. The Bertz CT molecular complexity index is 333. The highest BCUT2D eigenvalue weighted by molar-refractivity contribution is 5.93. The van der Waals surface area contributed by atoms with Crippen LogP contribution in [0.2, 0.25) is 0 Å². The van der Waals surface area contributed by atoms with E-state index in [0.29, 0.717) is 13.2 Å². The van der Waals surface area contributed by atoms with E-state index in [0.717, 1.165) is 5.56 Å². The molecule has 4 heteroatoms. The average molecular weight is 238 g/mol. The summed E-state index contributed by atoms with van der Waals surface area (Å²) < 4.78 is 9.13. The lowest BCUT2D eigenvalue weighted by Gasteiger charge is -1.97. The molecule has 1 aromatic carbocycles. The van der Waals surface area contributed by atoms with Crippen LogP contribution in [0.15, 0.2) is 30.3 Å². The van der Waals surface area contributed by atoms with Crippen LogP contribution in [0.1, 0.15) is 24.2 Å². The van der Waals surface area contributed by atoms with Crippen molar-refractivity contribution in [2.45, 2.75) is 13.8 Å². The summed E-state index contributed by atoms with van der Waals surface area (Å²) in [6.07, 6.45) is 0. The highest BCUT2D eigenvalue weighted by atomic mass is 16.6. The Morgan fingerprint density at radius 3 is 2.00 bits per heavy atom. The van der Waals surface area contributed by atoms with E-state index in [-0.39, 0.29) is 11.8 Å². The summed E-state index contributed by atoms with van der Waals surface area (Å²) in [6.45, 7) is 3.76. The number of ether oxygens (including phenoxy) is 2. The molecule has 1 rings (SSSR count). The lowest BCUT2D eigenvalue weighted by molar-refractivity contribution is -0.142. The van der Waals surface area contributed by atoms with Crippen LogP contribution in [0, 0.1) is 0 Å². The lowest BCUT2D eigenvalue weighted by atomic mass is 10.2. The highest BCUT2D eigenvalue weighted by Gasteiger charge is 1.92. The number of benzene rings is 1. The zero-order valence-electron chi connectivity index (χ0n) is 10.4. The van der Waals surface area contributed by atoms with Crippen molar-refractivity contribution < 1.29 is 19.1 Å². The fourth-order valence-electron chi connectivity index (χ4n) is 0.942. The van der Waals surface area contributed by atoms with Gasteiger partial charge in [0.15, 0.2) is 5.78 Å². The molecule has 4 nitrogen and oxygen atoms in total. The molecule has 0 bridgehead atoms. The van der Waals surface area contributed by atoms with Gasteiger partial charge in [0, 0.05) is 19.6 Å². The monoisotopic (exact) mass is 238 g/mol. The van der Waals surface area contributed by atoms with Crippen LogP contribution in [-0.4, -0.2) is 32.1 Å². The number of carbonyl (C=O) groups excluding carboxylic acids is 2. The van der Waals surface area contributed by atoms with Gasteiger partial charge in [-0.15, -0.1) is 0 Å². The van der Waals surface area contributed by atoms with Crippen molar-refractivity contribution in [3.63, 3.8) is 0 Å². The fourth-order valence-corrected chi connectivity index (χ4v) is 0.942. The van der Waals surface area contributed by atoms with E-state index >= 15 is 0 Å². The van der Waals surface area contributed by atoms with Gasteiger partial charge in [-0.25, -0.2) is 0 Å². The number of carbonyl (C=O) groups is 2. The molecule has 0 saturated carbocycles. The molecule has 0 saturated heterocycles. The van der Waals surface area contributed by atoms with Gasteiger partial charge in [0.2, 0.25) is 0 Å². The zero-order chi connectivity index (χ0) is 13.1. The van der Waals surface area contributed by atoms with Crippen LogP contribution in [0.3, 0.4) is 0 Å². The Hall–Kier alpha value is -1.68. The second kappa shape index (κ2) is 9.54. The first-order valence-corrected chi connectivity index (χ1v) is 5.26. The summed E-state index contributed by atoms with van der Waals surface area (Å²) in [5.74, 6) is -0.141. The van der Waals surface area contributed by atoms with Crippen LogP contribution in [0.5, 0.6) is 0 Å². The van der Waals surface area contributed by atoms with Gasteiger partial charge in [-0.3, -0.25) is 9.59 Å². The lowest BCUT2D eigenvalue weighted by Crippen LogP contribution is -2.05. The molecule has 17 heavy (non-hydrogen) atoms. The van der Waals surface area contributed by atoms with Gasteiger partial charge >= 0.3 is 5.97 Å². The number of hydrogen-bond donors (Lipinski definition) is 0. The summed E-state index contributed by atoms with van der Waals surface area (Å²) >= 11 is 0. The van der Waals surface area contributed by atoms with Gasteiger partial charge < -0.3 is 9.47 Å². The first-order valence-electron chi connectivity index (χ1n) is 5.26. The van der Waals surface area contributed by atoms with Gasteiger partial charge in [-0.1, -0.05) is 30.3 Å². The van der Waals surface area contributed by atoms with E-state index in [9.17, 15) is 9.59 Å². The van der Waals surface area contributed by atoms with Crippen molar-refractivity contribution in [2.24, 2.45) is 0 Å². The van der Waals surface area contributed by atoms with Crippen molar-refractivity contribution in [1.82, 2.24) is 0 Å². The molecule has 0 aliphatic carbocycles.